The summed E-state index contributed by atoms with van der Waals surface area (Å²) in [6.07, 6.45) is 2.31. The third-order valence-corrected chi connectivity index (χ3v) is 3.48. The second kappa shape index (κ2) is 6.47. The molecule has 0 saturated carbocycles. The molecule has 0 bridgehead atoms. The van der Waals surface area contributed by atoms with Gasteiger partial charge in [-0.25, -0.2) is 0 Å². The molecule has 0 radical (unpaired) electrons. The molecule has 1 heterocycles. The van der Waals surface area contributed by atoms with Crippen LogP contribution >= 0.6 is 0 Å². The number of nitro groups is 1. The van der Waals surface area contributed by atoms with Crippen LogP contribution in [-0.2, 0) is 4.79 Å². The maximum absolute atomic E-state index is 11.2. The minimum absolute atomic E-state index is 0.0394. The molecule has 1 fully saturated rings. The van der Waals surface area contributed by atoms with Crippen molar-refractivity contribution in [3.8, 4) is 0 Å². The van der Waals surface area contributed by atoms with Crippen LogP contribution in [0.2, 0.25) is 0 Å². The molecule has 1 aromatic rings. The van der Waals surface area contributed by atoms with Crippen molar-refractivity contribution in [2.24, 2.45) is 0 Å². The third-order valence-electron chi connectivity index (χ3n) is 3.48. The summed E-state index contributed by atoms with van der Waals surface area (Å²) in [5, 5.41) is 17.1. The first kappa shape index (κ1) is 14.5. The Morgan fingerprint density at radius 1 is 1.55 bits per heavy atom. The minimum atomic E-state index is -0.382. The van der Waals surface area contributed by atoms with E-state index >= 15 is 0 Å². The van der Waals surface area contributed by atoms with Crippen molar-refractivity contribution in [3.05, 3.63) is 39.9 Å². The number of non-ortho nitro benzene ring substituents is 1. The van der Waals surface area contributed by atoms with Crippen LogP contribution in [0.3, 0.4) is 0 Å². The van der Waals surface area contributed by atoms with Gasteiger partial charge in [0.2, 0.25) is 5.91 Å². The molecule has 6 nitrogen and oxygen atoms in total. The smallest absolute Gasteiger partial charge is 0.269 e. The van der Waals surface area contributed by atoms with Crippen molar-refractivity contribution in [3.63, 3.8) is 0 Å². The summed E-state index contributed by atoms with van der Waals surface area (Å²) in [6.45, 7) is 2.69. The number of nitrogens with zero attached hydrogens (tertiary/aromatic N) is 1. The second-order valence-corrected chi connectivity index (χ2v) is 5.07. The van der Waals surface area contributed by atoms with Crippen LogP contribution in [0.15, 0.2) is 24.3 Å². The van der Waals surface area contributed by atoms with Gasteiger partial charge in [-0.15, -0.1) is 0 Å². The standard InChI is InChI=1S/C14H19N3O3/c1-2-4-13(16-11-8-14(18)15-9-11)10-5-3-6-12(7-10)17(19)20/h3,5-7,11,13,16H,2,4,8-9H2,1H3,(H,15,18). The first-order valence-electron chi connectivity index (χ1n) is 6.87. The molecular formula is C14H19N3O3. The van der Waals surface area contributed by atoms with Crippen LogP contribution in [0.25, 0.3) is 0 Å². The number of hydrogen-bond donors (Lipinski definition) is 2. The summed E-state index contributed by atoms with van der Waals surface area (Å²) >= 11 is 0. The fraction of sp³-hybridized carbons (Fsp3) is 0.500. The number of amides is 1. The van der Waals surface area contributed by atoms with Gasteiger partial charge in [0, 0.05) is 37.2 Å². The molecule has 20 heavy (non-hydrogen) atoms. The zero-order valence-electron chi connectivity index (χ0n) is 11.5. The maximum Gasteiger partial charge on any atom is 0.269 e. The summed E-state index contributed by atoms with van der Waals surface area (Å²) in [7, 11) is 0. The first-order valence-corrected chi connectivity index (χ1v) is 6.87. The Balaban J connectivity index is 2.13. The molecule has 6 heteroatoms. The molecule has 1 saturated heterocycles. The molecular weight excluding hydrogens is 258 g/mol. The molecule has 2 N–H and O–H groups in total. The van der Waals surface area contributed by atoms with Crippen molar-refractivity contribution >= 4 is 11.6 Å². The van der Waals surface area contributed by atoms with E-state index in [4.69, 9.17) is 0 Å². The fourth-order valence-electron chi connectivity index (χ4n) is 2.50. The van der Waals surface area contributed by atoms with Gasteiger partial charge in [0.25, 0.3) is 5.69 Å². The molecule has 2 atom stereocenters. The van der Waals surface area contributed by atoms with E-state index in [2.05, 4.69) is 17.6 Å². The van der Waals surface area contributed by atoms with Crippen molar-refractivity contribution in [1.29, 1.82) is 0 Å². The van der Waals surface area contributed by atoms with E-state index in [-0.39, 0.29) is 28.6 Å². The van der Waals surface area contributed by atoms with E-state index in [1.54, 1.807) is 12.1 Å². The molecule has 0 aromatic heterocycles. The number of nitro benzene ring substituents is 1. The third kappa shape index (κ3) is 3.54. The van der Waals surface area contributed by atoms with Crippen LogP contribution in [0, 0.1) is 10.1 Å². The molecule has 2 rings (SSSR count). The quantitative estimate of drug-likeness (QED) is 0.614. The Kier molecular flexibility index (Phi) is 4.68. The number of carbonyl (C=O) groups is 1. The van der Waals surface area contributed by atoms with Crippen LogP contribution in [0.5, 0.6) is 0 Å². The van der Waals surface area contributed by atoms with E-state index < -0.39 is 0 Å². The van der Waals surface area contributed by atoms with Gasteiger partial charge < -0.3 is 10.6 Å². The second-order valence-electron chi connectivity index (χ2n) is 5.07. The Morgan fingerprint density at radius 3 is 2.95 bits per heavy atom. The normalized spacial score (nSPS) is 19.6. The lowest BCUT2D eigenvalue weighted by molar-refractivity contribution is -0.384. The average molecular weight is 277 g/mol. The molecule has 1 aliphatic rings. The van der Waals surface area contributed by atoms with Crippen LogP contribution in [-0.4, -0.2) is 23.4 Å². The summed E-state index contributed by atoms with van der Waals surface area (Å²) in [4.78, 5) is 21.7. The maximum atomic E-state index is 11.2. The van der Waals surface area contributed by atoms with Crippen LogP contribution in [0.1, 0.15) is 37.8 Å². The Labute approximate surface area is 117 Å². The van der Waals surface area contributed by atoms with Gasteiger partial charge in [0.1, 0.15) is 0 Å². The zero-order valence-corrected chi connectivity index (χ0v) is 11.5. The SMILES string of the molecule is CCCC(NC1CNC(=O)C1)c1cccc([N+](=O)[O-])c1. The molecule has 108 valence electrons. The number of nitrogens with one attached hydrogen (secondary N) is 2. The largest absolute Gasteiger partial charge is 0.354 e. The van der Waals surface area contributed by atoms with E-state index in [1.165, 1.54) is 6.07 Å². The van der Waals surface area contributed by atoms with Crippen LogP contribution < -0.4 is 10.6 Å². The zero-order chi connectivity index (χ0) is 14.5. The van der Waals surface area contributed by atoms with Gasteiger partial charge in [-0.1, -0.05) is 25.5 Å². The molecule has 1 aromatic carbocycles. The molecule has 0 aliphatic carbocycles. The number of hydrogen-bond acceptors (Lipinski definition) is 4. The van der Waals surface area contributed by atoms with E-state index in [1.807, 2.05) is 6.07 Å². The highest BCUT2D eigenvalue weighted by Crippen LogP contribution is 2.24. The van der Waals surface area contributed by atoms with Crippen molar-refractivity contribution in [2.75, 3.05) is 6.54 Å². The molecule has 1 aliphatic heterocycles. The van der Waals surface area contributed by atoms with E-state index in [0.717, 1.165) is 18.4 Å². The van der Waals surface area contributed by atoms with Gasteiger partial charge in [0.15, 0.2) is 0 Å². The first-order chi connectivity index (χ1) is 9.60. The van der Waals surface area contributed by atoms with E-state index in [0.29, 0.717) is 13.0 Å². The number of carbonyl (C=O) groups excluding carboxylic acids is 1. The Bertz CT molecular complexity index is 504. The van der Waals surface area contributed by atoms with Crippen molar-refractivity contribution in [1.82, 2.24) is 10.6 Å². The molecule has 2 unspecified atom stereocenters. The van der Waals surface area contributed by atoms with Gasteiger partial charge in [-0.05, 0) is 12.0 Å². The lowest BCUT2D eigenvalue weighted by Crippen LogP contribution is -2.34. The fourth-order valence-corrected chi connectivity index (χ4v) is 2.50. The molecule has 0 spiro atoms. The van der Waals surface area contributed by atoms with Gasteiger partial charge >= 0.3 is 0 Å². The topological polar surface area (TPSA) is 84.3 Å². The van der Waals surface area contributed by atoms with E-state index in [9.17, 15) is 14.9 Å². The summed E-state index contributed by atoms with van der Waals surface area (Å²) in [6, 6.07) is 6.83. The average Bonchev–Trinajstić information content (AvgIpc) is 2.84. The van der Waals surface area contributed by atoms with Gasteiger partial charge in [-0.2, -0.15) is 0 Å². The van der Waals surface area contributed by atoms with Gasteiger partial charge in [-0.3, -0.25) is 14.9 Å². The van der Waals surface area contributed by atoms with Crippen molar-refractivity contribution < 1.29 is 9.72 Å². The highest BCUT2D eigenvalue weighted by atomic mass is 16.6. The monoisotopic (exact) mass is 277 g/mol. The van der Waals surface area contributed by atoms with Crippen molar-refractivity contribution in [2.45, 2.75) is 38.3 Å². The number of rotatable bonds is 6. The summed E-state index contributed by atoms with van der Waals surface area (Å²) in [5.41, 5.74) is 1.01. The lowest BCUT2D eigenvalue weighted by Gasteiger charge is -2.22. The minimum Gasteiger partial charge on any atom is -0.354 e. The van der Waals surface area contributed by atoms with Gasteiger partial charge in [0.05, 0.1) is 4.92 Å². The highest BCUT2D eigenvalue weighted by molar-refractivity contribution is 5.78. The number of benzene rings is 1. The predicted octanol–water partition coefficient (Wildman–Crippen LogP) is 1.91. The molecule has 1 amide bonds. The highest BCUT2D eigenvalue weighted by Gasteiger charge is 2.24. The Morgan fingerprint density at radius 2 is 2.35 bits per heavy atom. The summed E-state index contributed by atoms with van der Waals surface area (Å²) < 4.78 is 0. The summed E-state index contributed by atoms with van der Waals surface area (Å²) in [5.74, 6) is 0.0526. The Hall–Kier alpha value is -1.95. The van der Waals surface area contributed by atoms with Crippen LogP contribution in [0.4, 0.5) is 5.69 Å². The predicted molar refractivity (Wildman–Crippen MR) is 75.3 cm³/mol. The lowest BCUT2D eigenvalue weighted by atomic mass is 10.0.